The van der Waals surface area contributed by atoms with Gasteiger partial charge in [-0.25, -0.2) is 9.50 Å². The fourth-order valence-corrected chi connectivity index (χ4v) is 2.36. The number of ether oxygens (including phenoxy) is 2. The van der Waals surface area contributed by atoms with E-state index in [1.165, 1.54) is 6.20 Å². The Morgan fingerprint density at radius 3 is 2.68 bits per heavy atom. The van der Waals surface area contributed by atoms with Gasteiger partial charge in [-0.3, -0.25) is 4.79 Å². The smallest absolute Gasteiger partial charge is 0.257 e. The van der Waals surface area contributed by atoms with Gasteiger partial charge in [0.1, 0.15) is 23.7 Å². The standard InChI is InChI=1S/C18H20N4O3/c1-12-8-19-17-16(9-20-22(17)10-12)18(23)21-13(2)11-25-15-6-4-14(24-3)5-7-15/h4-10,13H,11H2,1-3H3,(H,21,23)/t13-/m0/s1. The molecule has 2 heterocycles. The third-order valence-corrected chi connectivity index (χ3v) is 3.67. The van der Waals surface area contributed by atoms with Gasteiger partial charge in [-0.1, -0.05) is 0 Å². The van der Waals surface area contributed by atoms with E-state index < -0.39 is 0 Å². The molecule has 0 aliphatic carbocycles. The van der Waals surface area contributed by atoms with Crippen molar-refractivity contribution >= 4 is 11.6 Å². The minimum absolute atomic E-state index is 0.171. The van der Waals surface area contributed by atoms with Crippen molar-refractivity contribution in [1.29, 1.82) is 0 Å². The highest BCUT2D eigenvalue weighted by molar-refractivity contribution is 5.99. The van der Waals surface area contributed by atoms with Crippen molar-refractivity contribution in [3.8, 4) is 11.5 Å². The Bertz CT molecular complexity index is 874. The number of hydrogen-bond acceptors (Lipinski definition) is 5. The highest BCUT2D eigenvalue weighted by Crippen LogP contribution is 2.17. The number of aryl methyl sites for hydroxylation is 1. The normalized spacial score (nSPS) is 12.0. The molecule has 0 spiro atoms. The van der Waals surface area contributed by atoms with E-state index in [1.807, 2.05) is 44.3 Å². The Labute approximate surface area is 145 Å². The molecule has 7 nitrogen and oxygen atoms in total. The molecule has 1 amide bonds. The second-order valence-corrected chi connectivity index (χ2v) is 5.82. The number of rotatable bonds is 6. The first-order chi connectivity index (χ1) is 12.1. The summed E-state index contributed by atoms with van der Waals surface area (Å²) in [5.41, 5.74) is 1.95. The van der Waals surface area contributed by atoms with Crippen molar-refractivity contribution < 1.29 is 14.3 Å². The Hall–Kier alpha value is -3.09. The van der Waals surface area contributed by atoms with Crippen LogP contribution in [0.25, 0.3) is 5.65 Å². The minimum atomic E-state index is -0.225. The largest absolute Gasteiger partial charge is 0.497 e. The third-order valence-electron chi connectivity index (χ3n) is 3.67. The van der Waals surface area contributed by atoms with E-state index in [1.54, 1.807) is 17.8 Å². The van der Waals surface area contributed by atoms with Gasteiger partial charge in [0.2, 0.25) is 0 Å². The highest BCUT2D eigenvalue weighted by Gasteiger charge is 2.16. The molecule has 0 aliphatic rings. The molecule has 0 fully saturated rings. The van der Waals surface area contributed by atoms with Gasteiger partial charge in [-0.2, -0.15) is 5.10 Å². The molecule has 1 atom stereocenters. The maximum Gasteiger partial charge on any atom is 0.257 e. The second kappa shape index (κ2) is 7.21. The molecule has 3 rings (SSSR count). The van der Waals surface area contributed by atoms with Gasteiger partial charge in [0, 0.05) is 12.4 Å². The van der Waals surface area contributed by atoms with Gasteiger partial charge in [0.05, 0.1) is 19.3 Å². The van der Waals surface area contributed by atoms with E-state index >= 15 is 0 Å². The topological polar surface area (TPSA) is 77.8 Å². The van der Waals surface area contributed by atoms with Crippen LogP contribution in [0.4, 0.5) is 0 Å². The number of nitrogens with one attached hydrogen (secondary N) is 1. The number of methoxy groups -OCH3 is 1. The van der Waals surface area contributed by atoms with Crippen LogP contribution in [0.1, 0.15) is 22.8 Å². The third kappa shape index (κ3) is 3.88. The molecular formula is C18H20N4O3. The Morgan fingerprint density at radius 2 is 1.96 bits per heavy atom. The van der Waals surface area contributed by atoms with Crippen LogP contribution >= 0.6 is 0 Å². The van der Waals surface area contributed by atoms with Crippen molar-refractivity contribution in [1.82, 2.24) is 19.9 Å². The van der Waals surface area contributed by atoms with Crippen molar-refractivity contribution in [3.05, 3.63) is 54.0 Å². The highest BCUT2D eigenvalue weighted by atomic mass is 16.5. The fourth-order valence-electron chi connectivity index (χ4n) is 2.36. The quantitative estimate of drug-likeness (QED) is 0.745. The lowest BCUT2D eigenvalue weighted by molar-refractivity contribution is 0.0928. The predicted octanol–water partition coefficient (Wildman–Crippen LogP) is 2.24. The van der Waals surface area contributed by atoms with Gasteiger partial charge >= 0.3 is 0 Å². The number of aromatic nitrogens is 3. The number of amides is 1. The van der Waals surface area contributed by atoms with Crippen LogP contribution in [-0.2, 0) is 0 Å². The number of nitrogens with zero attached hydrogens (tertiary/aromatic N) is 3. The first-order valence-electron chi connectivity index (χ1n) is 7.94. The summed E-state index contributed by atoms with van der Waals surface area (Å²) in [7, 11) is 1.62. The summed E-state index contributed by atoms with van der Waals surface area (Å²) in [5, 5.41) is 7.07. The summed E-state index contributed by atoms with van der Waals surface area (Å²) in [6, 6.07) is 7.13. The summed E-state index contributed by atoms with van der Waals surface area (Å²) in [6.45, 7) is 4.15. The Morgan fingerprint density at radius 1 is 1.24 bits per heavy atom. The molecule has 0 saturated heterocycles. The van der Waals surface area contributed by atoms with E-state index in [-0.39, 0.29) is 11.9 Å². The Kier molecular flexibility index (Phi) is 4.83. The molecule has 0 bridgehead atoms. The van der Waals surface area contributed by atoms with E-state index in [4.69, 9.17) is 9.47 Å². The molecule has 0 radical (unpaired) electrons. The van der Waals surface area contributed by atoms with Crippen molar-refractivity contribution in [2.75, 3.05) is 13.7 Å². The van der Waals surface area contributed by atoms with Crippen LogP contribution in [0, 0.1) is 6.92 Å². The van der Waals surface area contributed by atoms with Crippen LogP contribution in [0.5, 0.6) is 11.5 Å². The van der Waals surface area contributed by atoms with Crippen LogP contribution in [-0.4, -0.2) is 40.3 Å². The molecule has 0 unspecified atom stereocenters. The van der Waals surface area contributed by atoms with E-state index in [2.05, 4.69) is 15.4 Å². The summed E-state index contributed by atoms with van der Waals surface area (Å²) in [6.07, 6.45) is 5.06. The molecule has 0 aliphatic heterocycles. The number of carbonyl (C=O) groups excluding carboxylic acids is 1. The van der Waals surface area contributed by atoms with Gasteiger partial charge in [0.25, 0.3) is 5.91 Å². The van der Waals surface area contributed by atoms with E-state index in [0.29, 0.717) is 17.8 Å². The molecule has 130 valence electrons. The van der Waals surface area contributed by atoms with Crippen molar-refractivity contribution in [3.63, 3.8) is 0 Å². The van der Waals surface area contributed by atoms with Gasteiger partial charge < -0.3 is 14.8 Å². The summed E-state index contributed by atoms with van der Waals surface area (Å²) >= 11 is 0. The lowest BCUT2D eigenvalue weighted by Gasteiger charge is -2.14. The second-order valence-electron chi connectivity index (χ2n) is 5.82. The zero-order chi connectivity index (χ0) is 17.8. The van der Waals surface area contributed by atoms with Crippen LogP contribution in [0.15, 0.2) is 42.9 Å². The molecule has 2 aromatic heterocycles. The molecule has 1 aromatic carbocycles. The lowest BCUT2D eigenvalue weighted by Crippen LogP contribution is -2.36. The van der Waals surface area contributed by atoms with Crippen molar-refractivity contribution in [2.45, 2.75) is 19.9 Å². The first-order valence-corrected chi connectivity index (χ1v) is 7.94. The molecule has 7 heteroatoms. The number of carbonyl (C=O) groups is 1. The summed E-state index contributed by atoms with van der Waals surface area (Å²) in [4.78, 5) is 16.7. The van der Waals surface area contributed by atoms with Crippen LogP contribution in [0.2, 0.25) is 0 Å². The average molecular weight is 340 g/mol. The average Bonchev–Trinajstić information content (AvgIpc) is 3.03. The maximum atomic E-state index is 12.4. The zero-order valence-electron chi connectivity index (χ0n) is 14.4. The lowest BCUT2D eigenvalue weighted by atomic mass is 10.2. The monoisotopic (exact) mass is 340 g/mol. The van der Waals surface area contributed by atoms with Crippen LogP contribution in [0.3, 0.4) is 0 Å². The number of hydrogen-bond donors (Lipinski definition) is 1. The Balaban J connectivity index is 1.59. The molecule has 3 aromatic rings. The summed E-state index contributed by atoms with van der Waals surface area (Å²) in [5.74, 6) is 1.26. The predicted molar refractivity (Wildman–Crippen MR) is 93.1 cm³/mol. The molecule has 25 heavy (non-hydrogen) atoms. The SMILES string of the molecule is COc1ccc(OC[C@H](C)NC(=O)c2cnn3cc(C)cnc23)cc1. The van der Waals surface area contributed by atoms with E-state index in [9.17, 15) is 4.79 Å². The maximum absolute atomic E-state index is 12.4. The van der Waals surface area contributed by atoms with Crippen LogP contribution < -0.4 is 14.8 Å². The first kappa shape index (κ1) is 16.8. The minimum Gasteiger partial charge on any atom is -0.497 e. The molecule has 0 saturated carbocycles. The zero-order valence-corrected chi connectivity index (χ0v) is 14.4. The van der Waals surface area contributed by atoms with Gasteiger partial charge in [-0.05, 0) is 43.7 Å². The number of benzene rings is 1. The van der Waals surface area contributed by atoms with Crippen molar-refractivity contribution in [2.24, 2.45) is 0 Å². The number of fused-ring (bicyclic) bond motifs is 1. The molecular weight excluding hydrogens is 320 g/mol. The van der Waals surface area contributed by atoms with E-state index in [0.717, 1.165) is 17.1 Å². The molecule has 1 N–H and O–H groups in total. The van der Waals surface area contributed by atoms with Gasteiger partial charge in [0.15, 0.2) is 5.65 Å². The summed E-state index contributed by atoms with van der Waals surface area (Å²) < 4.78 is 12.4. The fraction of sp³-hybridized carbons (Fsp3) is 0.278. The van der Waals surface area contributed by atoms with Gasteiger partial charge in [-0.15, -0.1) is 0 Å².